The molecule has 77 heavy (non-hydrogen) atoms. The zero-order valence-electron chi connectivity index (χ0n) is 47.9. The van der Waals surface area contributed by atoms with E-state index in [1.165, 1.54) is 27.4 Å². The Balaban J connectivity index is 1.41. The number of aliphatic hydroxyl groups is 5. The van der Waals surface area contributed by atoms with Crippen molar-refractivity contribution in [1.82, 2.24) is 14.9 Å². The highest BCUT2D eigenvalue weighted by atomic mass is 19.1. The number of nitrogens with two attached hydrogens (primary N) is 1. The number of cyclic esters (lactones) is 1. The molecular weight excluding hydrogens is 1000 g/mol. The van der Waals surface area contributed by atoms with Gasteiger partial charge in [0.1, 0.15) is 48.8 Å². The van der Waals surface area contributed by atoms with Crippen molar-refractivity contribution in [2.45, 2.75) is 204 Å². The van der Waals surface area contributed by atoms with Crippen molar-refractivity contribution in [2.75, 3.05) is 54.6 Å². The van der Waals surface area contributed by atoms with Gasteiger partial charge in [-0.2, -0.15) is 5.10 Å². The fourth-order valence-corrected chi connectivity index (χ4v) is 11.8. The Morgan fingerprint density at radius 3 is 2.29 bits per heavy atom. The molecule has 5 rings (SSSR count). The molecule has 0 bridgehead atoms. The lowest BCUT2D eigenvalue weighted by atomic mass is 9.77. The van der Waals surface area contributed by atoms with Crippen LogP contribution in [0, 0.1) is 17.8 Å². The minimum absolute atomic E-state index is 0.0717. The number of aliphatic hydroxyl groups excluding tert-OH is 3. The van der Waals surface area contributed by atoms with Crippen molar-refractivity contribution in [3.05, 3.63) is 53.7 Å². The van der Waals surface area contributed by atoms with Crippen LogP contribution in [0.1, 0.15) is 119 Å². The fourth-order valence-electron chi connectivity index (χ4n) is 11.8. The number of rotatable bonds is 17. The van der Waals surface area contributed by atoms with E-state index in [0.29, 0.717) is 37.3 Å². The number of likely N-dealkylation sites (N-methyl/N-ethyl adjacent to an activating group) is 2. The molecule has 20 atom stereocenters. The number of alkyl halides is 1. The monoisotopic (exact) mass is 1090 g/mol. The van der Waals surface area contributed by atoms with E-state index < -0.39 is 127 Å². The molecule has 0 amide bonds. The quantitative estimate of drug-likeness (QED) is 0.0494. The van der Waals surface area contributed by atoms with Crippen molar-refractivity contribution in [2.24, 2.45) is 33.7 Å². The molecule has 4 aliphatic rings. The highest BCUT2D eigenvalue weighted by Crippen LogP contribution is 2.40. The molecule has 438 valence electrons. The van der Waals surface area contributed by atoms with Gasteiger partial charge in [0.2, 0.25) is 0 Å². The average Bonchev–Trinajstić information content (AvgIpc) is 3.39. The number of carbonyl (C=O) groups is 1. The fraction of sp³-hybridized carbons (Fsp3) is 0.768. The molecule has 20 nitrogen and oxygen atoms in total. The molecule has 0 aliphatic carbocycles. The van der Waals surface area contributed by atoms with Crippen LogP contribution in [-0.2, 0) is 38.0 Å². The van der Waals surface area contributed by atoms with Crippen molar-refractivity contribution >= 4 is 23.5 Å². The first-order valence-corrected chi connectivity index (χ1v) is 27.2. The number of hydrazone groups is 1. The molecule has 3 saturated heterocycles. The van der Waals surface area contributed by atoms with Gasteiger partial charge in [-0.15, -0.1) is 0 Å². The number of ether oxygens (including phenoxy) is 7. The van der Waals surface area contributed by atoms with Gasteiger partial charge in [0.25, 0.3) is 0 Å². The summed E-state index contributed by atoms with van der Waals surface area (Å²) in [4.78, 5) is 22.9. The number of esters is 1. The van der Waals surface area contributed by atoms with Gasteiger partial charge >= 0.3 is 5.97 Å². The summed E-state index contributed by atoms with van der Waals surface area (Å²) in [5.41, 5.74) is -1.74. The van der Waals surface area contributed by atoms with Crippen molar-refractivity contribution < 1.29 is 73.1 Å². The standard InChI is InChI=1S/C56H93FN6O14/c1-15-44-56(10,69)49(65)36(6)62(12)30-32(2)26-54(8,68)51(34(4)47(35(5)52(67)75-44)76-45-27-55(9,72-14)50(66)37(7)74-45)77-53-46(64)43(25-33(3)73-53)61(11)24-22-41(60-58)29-59-42(28-57)48(71-13)39-20-18-38(19-21-39)40-17-16-23-63(70)31-40/h16-21,23,29,32-37,42-51,53,64-66,68-70H,15,22,24-28,30-31,58H2,1-14H3/t32-,33-,34+,35-,36-,37+,42-,43+,44-,45+,46-,47+,48-,49-,50+,51-,53+,54-,55-,56-/m1/s1. The van der Waals surface area contributed by atoms with Gasteiger partial charge in [0.05, 0.1) is 53.8 Å². The Hall–Kier alpha value is -3.52. The van der Waals surface area contributed by atoms with E-state index in [0.717, 1.165) is 16.2 Å². The van der Waals surface area contributed by atoms with E-state index in [4.69, 9.17) is 39.0 Å². The minimum Gasteiger partial charge on any atom is -0.459 e. The third kappa shape index (κ3) is 15.7. The van der Waals surface area contributed by atoms with Gasteiger partial charge in [0.15, 0.2) is 12.6 Å². The van der Waals surface area contributed by atoms with Crippen LogP contribution in [0.25, 0.3) is 5.57 Å². The number of nitrogens with zero attached hydrogens (tertiary/aromatic N) is 5. The number of halogens is 1. The second-order valence-corrected chi connectivity index (χ2v) is 23.0. The number of hydrogen-bond acceptors (Lipinski definition) is 20. The van der Waals surface area contributed by atoms with E-state index >= 15 is 0 Å². The number of benzene rings is 1. The first-order valence-electron chi connectivity index (χ1n) is 27.2. The normalized spacial score (nSPS) is 39.5. The average molecular weight is 1090 g/mol. The topological polar surface area (TPSA) is 264 Å². The Labute approximate surface area is 455 Å². The SMILES string of the molecule is CC[C@H]1OC(=O)[C@H](C)[C@@H](O[C@H]2C[C@@](C)(OC)[C@@H](O)[C@H](C)O2)[C@H](C)[C@@H](O[C@@H]2O[C@H](C)C[C@H](N(C)CCC(C=N[C@H](CF)[C@H](OC)c3ccc(C4=CC=CN(O)C4)cc3)=NN)[C@H]2O)[C@](C)(O)C[C@@H](C)CN(C)[C@H](C)[C@@H](O)[C@]1(C)O. The molecule has 3 fully saturated rings. The summed E-state index contributed by atoms with van der Waals surface area (Å²) in [6.07, 6.45) is -3.52. The van der Waals surface area contributed by atoms with Crippen LogP contribution >= 0.6 is 0 Å². The van der Waals surface area contributed by atoms with Gasteiger partial charge in [0, 0.05) is 70.6 Å². The molecule has 0 aromatic heterocycles. The van der Waals surface area contributed by atoms with E-state index in [1.807, 2.05) is 68.1 Å². The Kier molecular flexibility index (Phi) is 23.2. The molecule has 4 heterocycles. The van der Waals surface area contributed by atoms with E-state index in [2.05, 4.69) is 10.1 Å². The van der Waals surface area contributed by atoms with Crippen LogP contribution < -0.4 is 5.84 Å². The van der Waals surface area contributed by atoms with Crippen LogP contribution in [0.3, 0.4) is 0 Å². The third-order valence-electron chi connectivity index (χ3n) is 16.7. The lowest BCUT2D eigenvalue weighted by molar-refractivity contribution is -0.318. The predicted molar refractivity (Wildman–Crippen MR) is 289 cm³/mol. The van der Waals surface area contributed by atoms with Crippen molar-refractivity contribution in [1.29, 1.82) is 0 Å². The summed E-state index contributed by atoms with van der Waals surface area (Å²) in [5.74, 6) is 2.94. The highest BCUT2D eigenvalue weighted by molar-refractivity contribution is 6.30. The molecule has 0 unspecified atom stereocenters. The Morgan fingerprint density at radius 2 is 1.69 bits per heavy atom. The summed E-state index contributed by atoms with van der Waals surface area (Å²) < 4.78 is 58.7. The number of hydroxylamine groups is 2. The smallest absolute Gasteiger partial charge is 0.311 e. The van der Waals surface area contributed by atoms with E-state index in [1.54, 1.807) is 60.7 Å². The lowest BCUT2D eigenvalue weighted by Crippen LogP contribution is -2.61. The van der Waals surface area contributed by atoms with Crippen molar-refractivity contribution in [3.63, 3.8) is 0 Å². The van der Waals surface area contributed by atoms with E-state index in [9.17, 15) is 39.9 Å². The molecule has 1 aromatic rings. The number of hydrogen-bond donors (Lipinski definition) is 7. The molecule has 1 aromatic carbocycles. The van der Waals surface area contributed by atoms with Crippen LogP contribution in [-0.4, -0.2) is 214 Å². The largest absolute Gasteiger partial charge is 0.459 e. The number of methoxy groups -OCH3 is 2. The van der Waals surface area contributed by atoms with Gasteiger partial charge in [-0.25, -0.2) is 4.39 Å². The molecular formula is C56H93FN6O14. The van der Waals surface area contributed by atoms with Gasteiger partial charge < -0.3 is 74.3 Å². The minimum atomic E-state index is -1.86. The van der Waals surface area contributed by atoms with Crippen LogP contribution in [0.2, 0.25) is 0 Å². The van der Waals surface area contributed by atoms with Gasteiger partial charge in [-0.05, 0) is 111 Å². The van der Waals surface area contributed by atoms with Crippen LogP contribution in [0.5, 0.6) is 0 Å². The highest BCUT2D eigenvalue weighted by Gasteiger charge is 2.53. The van der Waals surface area contributed by atoms with Crippen LogP contribution in [0.15, 0.2) is 52.7 Å². The summed E-state index contributed by atoms with van der Waals surface area (Å²) >= 11 is 0. The second kappa shape index (κ2) is 27.8. The lowest BCUT2D eigenvalue weighted by Gasteiger charge is -2.49. The molecule has 0 saturated carbocycles. The Morgan fingerprint density at radius 1 is 1.01 bits per heavy atom. The van der Waals surface area contributed by atoms with Crippen molar-refractivity contribution in [3.8, 4) is 0 Å². The maximum atomic E-state index is 14.7. The number of carbonyl (C=O) groups excluding carboxylic acids is 1. The summed E-state index contributed by atoms with van der Waals surface area (Å²) in [7, 11) is 6.64. The number of allylic oxidation sites excluding steroid dienone is 2. The summed E-state index contributed by atoms with van der Waals surface area (Å²) in [6.45, 7) is 17.5. The maximum absolute atomic E-state index is 14.7. The molecule has 8 N–H and O–H groups in total. The maximum Gasteiger partial charge on any atom is 0.311 e. The molecule has 4 aliphatic heterocycles. The first kappa shape index (κ1) is 64.3. The molecule has 0 spiro atoms. The number of aliphatic imine (C=N–C) groups is 1. The summed E-state index contributed by atoms with van der Waals surface area (Å²) in [6, 6.07) is 5.41. The van der Waals surface area contributed by atoms with E-state index in [-0.39, 0.29) is 31.6 Å². The predicted octanol–water partition coefficient (Wildman–Crippen LogP) is 4.37. The third-order valence-corrected chi connectivity index (χ3v) is 16.7. The molecule has 0 radical (unpaired) electrons. The zero-order chi connectivity index (χ0) is 57.3. The van der Waals surface area contributed by atoms with Gasteiger partial charge in [-0.1, -0.05) is 51.1 Å². The van der Waals surface area contributed by atoms with Gasteiger partial charge in [-0.3, -0.25) is 20.1 Å². The summed E-state index contributed by atoms with van der Waals surface area (Å²) in [5, 5.41) is 74.8. The Bertz CT molecular complexity index is 2150. The van der Waals surface area contributed by atoms with Crippen LogP contribution in [0.4, 0.5) is 4.39 Å². The zero-order valence-corrected chi connectivity index (χ0v) is 47.9. The molecule has 21 heteroatoms. The first-order chi connectivity index (χ1) is 36.2. The second-order valence-electron chi connectivity index (χ2n) is 23.0.